The highest BCUT2D eigenvalue weighted by Crippen LogP contribution is 2.31. The standard InChI is InChI=1S/C18H27NO5/c1-8-13-15(16(21)23-7)14(20)10-12(9-11(2)3)19(13)17(22)24-18(4,5)6/h8,11-12H,1,9-10H2,2-7H3. The van der Waals surface area contributed by atoms with Gasteiger partial charge in [-0.05, 0) is 39.2 Å². The van der Waals surface area contributed by atoms with Gasteiger partial charge in [-0.3, -0.25) is 9.69 Å². The molecule has 24 heavy (non-hydrogen) atoms. The van der Waals surface area contributed by atoms with Crippen LogP contribution in [0.5, 0.6) is 0 Å². The molecule has 0 bridgehead atoms. The minimum Gasteiger partial charge on any atom is -0.465 e. The summed E-state index contributed by atoms with van der Waals surface area (Å²) in [7, 11) is 1.20. The summed E-state index contributed by atoms with van der Waals surface area (Å²) in [5.74, 6) is -0.854. The van der Waals surface area contributed by atoms with Crippen LogP contribution in [-0.2, 0) is 19.1 Å². The molecule has 0 saturated heterocycles. The average molecular weight is 337 g/mol. The average Bonchev–Trinajstić information content (AvgIpc) is 2.42. The van der Waals surface area contributed by atoms with E-state index in [1.807, 2.05) is 13.8 Å². The van der Waals surface area contributed by atoms with Gasteiger partial charge in [0, 0.05) is 12.5 Å². The van der Waals surface area contributed by atoms with Crippen molar-refractivity contribution in [3.63, 3.8) is 0 Å². The molecule has 0 fully saturated rings. The minimum absolute atomic E-state index is 0.0548. The first kappa shape index (κ1) is 19.9. The Hall–Kier alpha value is -2.11. The monoisotopic (exact) mass is 337 g/mol. The highest BCUT2D eigenvalue weighted by Gasteiger charge is 2.41. The Morgan fingerprint density at radius 2 is 1.96 bits per heavy atom. The normalized spacial score (nSPS) is 18.7. The molecule has 1 heterocycles. The molecule has 0 aromatic carbocycles. The van der Waals surface area contributed by atoms with E-state index < -0.39 is 17.7 Å². The van der Waals surface area contributed by atoms with E-state index in [0.717, 1.165) is 0 Å². The molecular formula is C18H27NO5. The number of nitrogens with zero attached hydrogens (tertiary/aromatic N) is 1. The van der Waals surface area contributed by atoms with Gasteiger partial charge in [-0.15, -0.1) is 0 Å². The van der Waals surface area contributed by atoms with Crippen LogP contribution in [-0.4, -0.2) is 41.5 Å². The highest BCUT2D eigenvalue weighted by atomic mass is 16.6. The Morgan fingerprint density at radius 1 is 1.38 bits per heavy atom. The summed E-state index contributed by atoms with van der Waals surface area (Å²) in [4.78, 5) is 38.5. The van der Waals surface area contributed by atoms with Crippen LogP contribution in [0.4, 0.5) is 4.79 Å². The van der Waals surface area contributed by atoms with Crippen molar-refractivity contribution in [2.45, 2.75) is 59.1 Å². The SMILES string of the molecule is C=CC1=C(C(=O)OC)C(=O)CC(CC(C)C)N1C(=O)OC(C)(C)C. The number of rotatable bonds is 4. The largest absolute Gasteiger partial charge is 0.465 e. The second-order valence-electron chi connectivity index (χ2n) is 7.22. The fourth-order valence-corrected chi connectivity index (χ4v) is 2.68. The van der Waals surface area contributed by atoms with Crippen molar-refractivity contribution in [3.8, 4) is 0 Å². The van der Waals surface area contributed by atoms with Crippen molar-refractivity contribution in [3.05, 3.63) is 23.9 Å². The van der Waals surface area contributed by atoms with Crippen LogP contribution in [0.3, 0.4) is 0 Å². The summed E-state index contributed by atoms with van der Waals surface area (Å²) in [6, 6.07) is -0.381. The quantitative estimate of drug-likeness (QED) is 0.582. The van der Waals surface area contributed by atoms with Crippen LogP contribution < -0.4 is 0 Å². The number of ether oxygens (including phenoxy) is 2. The van der Waals surface area contributed by atoms with E-state index in [-0.39, 0.29) is 35.4 Å². The molecule has 0 N–H and O–H groups in total. The van der Waals surface area contributed by atoms with Crippen LogP contribution in [0.25, 0.3) is 0 Å². The molecule has 0 aromatic heterocycles. The Balaban J connectivity index is 3.41. The van der Waals surface area contributed by atoms with E-state index in [0.29, 0.717) is 6.42 Å². The molecule has 0 aromatic rings. The first-order valence-corrected chi connectivity index (χ1v) is 8.02. The Kier molecular flexibility index (Phi) is 6.35. The maximum absolute atomic E-state index is 12.7. The predicted octanol–water partition coefficient (Wildman–Crippen LogP) is 3.22. The van der Waals surface area contributed by atoms with Crippen molar-refractivity contribution in [1.29, 1.82) is 0 Å². The van der Waals surface area contributed by atoms with Crippen LogP contribution >= 0.6 is 0 Å². The number of amides is 1. The number of allylic oxidation sites excluding steroid dienone is 1. The molecule has 1 aliphatic rings. The van der Waals surface area contributed by atoms with Crippen LogP contribution in [0.2, 0.25) is 0 Å². The maximum Gasteiger partial charge on any atom is 0.415 e. The van der Waals surface area contributed by atoms with E-state index in [2.05, 4.69) is 6.58 Å². The lowest BCUT2D eigenvalue weighted by Crippen LogP contribution is -2.48. The Bertz CT molecular complexity index is 568. The number of carbonyl (C=O) groups excluding carboxylic acids is 3. The number of methoxy groups -OCH3 is 1. The Morgan fingerprint density at radius 3 is 2.38 bits per heavy atom. The fraction of sp³-hybridized carbons (Fsp3) is 0.611. The van der Waals surface area contributed by atoms with E-state index in [4.69, 9.17) is 9.47 Å². The van der Waals surface area contributed by atoms with E-state index >= 15 is 0 Å². The van der Waals surface area contributed by atoms with Crippen LogP contribution in [0.1, 0.15) is 47.5 Å². The van der Waals surface area contributed by atoms with Gasteiger partial charge < -0.3 is 9.47 Å². The van der Waals surface area contributed by atoms with E-state index in [1.54, 1.807) is 20.8 Å². The molecule has 1 amide bonds. The zero-order valence-electron chi connectivity index (χ0n) is 15.3. The molecule has 1 atom stereocenters. The lowest BCUT2D eigenvalue weighted by atomic mass is 9.89. The lowest BCUT2D eigenvalue weighted by molar-refractivity contribution is -0.138. The number of hydrogen-bond acceptors (Lipinski definition) is 5. The lowest BCUT2D eigenvalue weighted by Gasteiger charge is -2.38. The van der Waals surface area contributed by atoms with Gasteiger partial charge in [-0.1, -0.05) is 20.4 Å². The highest BCUT2D eigenvalue weighted by molar-refractivity contribution is 6.19. The van der Waals surface area contributed by atoms with Gasteiger partial charge in [-0.25, -0.2) is 9.59 Å². The smallest absolute Gasteiger partial charge is 0.415 e. The first-order chi connectivity index (χ1) is 11.0. The van der Waals surface area contributed by atoms with Crippen molar-refractivity contribution in [1.82, 2.24) is 4.90 Å². The van der Waals surface area contributed by atoms with Gasteiger partial charge in [0.15, 0.2) is 5.78 Å². The van der Waals surface area contributed by atoms with Crippen molar-refractivity contribution >= 4 is 17.8 Å². The number of Topliss-reactive ketones (excluding diaryl/α,β-unsaturated/α-hetero) is 1. The summed E-state index contributed by atoms with van der Waals surface area (Å²) in [6.45, 7) is 13.0. The third kappa shape index (κ3) is 4.69. The zero-order valence-corrected chi connectivity index (χ0v) is 15.3. The number of ketones is 1. The van der Waals surface area contributed by atoms with Gasteiger partial charge in [0.25, 0.3) is 0 Å². The van der Waals surface area contributed by atoms with Gasteiger partial charge in [0.2, 0.25) is 0 Å². The van der Waals surface area contributed by atoms with Gasteiger partial charge in [-0.2, -0.15) is 0 Å². The third-order valence-corrected chi connectivity index (χ3v) is 3.50. The molecule has 6 heteroatoms. The van der Waals surface area contributed by atoms with E-state index in [1.165, 1.54) is 18.1 Å². The maximum atomic E-state index is 12.7. The molecule has 0 spiro atoms. The molecule has 6 nitrogen and oxygen atoms in total. The van der Waals surface area contributed by atoms with Crippen LogP contribution in [0, 0.1) is 5.92 Å². The summed E-state index contributed by atoms with van der Waals surface area (Å²) in [5.41, 5.74) is -0.699. The molecule has 1 aliphatic heterocycles. The third-order valence-electron chi connectivity index (χ3n) is 3.50. The number of esters is 1. The second kappa shape index (κ2) is 7.64. The predicted molar refractivity (Wildman–Crippen MR) is 90.2 cm³/mol. The summed E-state index contributed by atoms with van der Waals surface area (Å²) < 4.78 is 10.2. The van der Waals surface area contributed by atoms with Gasteiger partial charge >= 0.3 is 12.1 Å². The number of hydrogen-bond donors (Lipinski definition) is 0. The summed E-state index contributed by atoms with van der Waals surface area (Å²) in [5, 5.41) is 0. The molecule has 0 saturated carbocycles. The number of carbonyl (C=O) groups is 3. The molecule has 134 valence electrons. The fourth-order valence-electron chi connectivity index (χ4n) is 2.68. The van der Waals surface area contributed by atoms with E-state index in [9.17, 15) is 14.4 Å². The summed E-state index contributed by atoms with van der Waals surface area (Å²) >= 11 is 0. The molecule has 0 radical (unpaired) electrons. The van der Waals surface area contributed by atoms with Crippen LogP contribution in [0.15, 0.2) is 23.9 Å². The van der Waals surface area contributed by atoms with Gasteiger partial charge in [0.1, 0.15) is 11.2 Å². The summed E-state index contributed by atoms with van der Waals surface area (Å²) in [6.07, 6.45) is 1.40. The zero-order chi connectivity index (χ0) is 18.7. The van der Waals surface area contributed by atoms with Crippen molar-refractivity contribution in [2.24, 2.45) is 5.92 Å². The molecular weight excluding hydrogens is 310 g/mol. The first-order valence-electron chi connectivity index (χ1n) is 8.02. The topological polar surface area (TPSA) is 72.9 Å². The molecule has 1 rings (SSSR count). The molecule has 0 aliphatic carbocycles. The molecule has 1 unspecified atom stereocenters. The second-order valence-corrected chi connectivity index (χ2v) is 7.22. The Labute approximate surface area is 143 Å². The minimum atomic E-state index is -0.772. The van der Waals surface area contributed by atoms with Crippen molar-refractivity contribution in [2.75, 3.05) is 7.11 Å². The van der Waals surface area contributed by atoms with Gasteiger partial charge in [0.05, 0.1) is 12.8 Å². The van der Waals surface area contributed by atoms with Crippen molar-refractivity contribution < 1.29 is 23.9 Å².